The number of unbranched alkanes of at least 4 members (excludes halogenated alkanes) is 15. The van der Waals surface area contributed by atoms with Gasteiger partial charge in [0.1, 0.15) is 5.75 Å². The van der Waals surface area contributed by atoms with Crippen LogP contribution in [0, 0.1) is 5.92 Å². The maximum Gasteiger partial charge on any atom is 0.314 e. The van der Waals surface area contributed by atoms with Gasteiger partial charge in [-0.2, -0.15) is 0 Å². The molecule has 33 heavy (non-hydrogen) atoms. The molecule has 4 nitrogen and oxygen atoms in total. The lowest BCUT2D eigenvalue weighted by atomic mass is 9.97. The Kier molecular flexibility index (Phi) is 17.8. The van der Waals surface area contributed by atoms with Crippen LogP contribution in [0.1, 0.15) is 122 Å². The SMILES string of the molecule is CCCCCCCCCCCCCCCCCCC(CC(=O)O)C(=O)Oc1ccc(S)cc1. The lowest BCUT2D eigenvalue weighted by Crippen LogP contribution is -2.23. The summed E-state index contributed by atoms with van der Waals surface area (Å²) in [7, 11) is 0. The van der Waals surface area contributed by atoms with Crippen LogP contribution in [0.3, 0.4) is 0 Å². The van der Waals surface area contributed by atoms with Crippen LogP contribution in [0.25, 0.3) is 0 Å². The third-order valence-electron chi connectivity index (χ3n) is 6.22. The summed E-state index contributed by atoms with van der Waals surface area (Å²) in [4.78, 5) is 24.4. The Morgan fingerprint density at radius 2 is 1.18 bits per heavy atom. The number of hydrogen-bond acceptors (Lipinski definition) is 4. The molecule has 1 aromatic rings. The van der Waals surface area contributed by atoms with E-state index in [0.29, 0.717) is 12.2 Å². The van der Waals surface area contributed by atoms with Crippen molar-refractivity contribution in [2.75, 3.05) is 0 Å². The van der Waals surface area contributed by atoms with Crippen molar-refractivity contribution >= 4 is 24.6 Å². The maximum absolute atomic E-state index is 12.4. The van der Waals surface area contributed by atoms with Crippen molar-refractivity contribution < 1.29 is 19.4 Å². The number of carbonyl (C=O) groups is 2. The second kappa shape index (κ2) is 19.9. The zero-order chi connectivity index (χ0) is 24.2. The molecule has 0 saturated heterocycles. The molecule has 188 valence electrons. The molecule has 1 aromatic carbocycles. The normalized spacial score (nSPS) is 11.9. The monoisotopic (exact) mass is 478 g/mol. The fourth-order valence-electron chi connectivity index (χ4n) is 4.17. The summed E-state index contributed by atoms with van der Waals surface area (Å²) in [6.07, 6.45) is 21.1. The zero-order valence-electron chi connectivity index (χ0n) is 20.7. The number of carbonyl (C=O) groups excluding carboxylic acids is 1. The van der Waals surface area contributed by atoms with Crippen LogP contribution in [0.2, 0.25) is 0 Å². The van der Waals surface area contributed by atoms with Crippen molar-refractivity contribution in [3.8, 4) is 5.75 Å². The highest BCUT2D eigenvalue weighted by Crippen LogP contribution is 2.21. The second-order valence-corrected chi connectivity index (χ2v) is 9.82. The first-order valence-electron chi connectivity index (χ1n) is 13.3. The molecule has 0 fully saturated rings. The molecule has 0 aliphatic carbocycles. The molecular formula is C28H46O4S. The topological polar surface area (TPSA) is 63.6 Å². The molecule has 5 heteroatoms. The number of esters is 1. The molecular weight excluding hydrogens is 432 g/mol. The van der Waals surface area contributed by atoms with E-state index in [1.54, 1.807) is 24.3 Å². The van der Waals surface area contributed by atoms with Gasteiger partial charge < -0.3 is 9.84 Å². The summed E-state index contributed by atoms with van der Waals surface area (Å²) in [5, 5.41) is 9.15. The maximum atomic E-state index is 12.4. The summed E-state index contributed by atoms with van der Waals surface area (Å²) in [6.45, 7) is 2.27. The standard InChI is InChI=1S/C28H46O4S/c1-2-3-4-5-6-7-8-9-10-11-12-13-14-15-16-17-18-24(23-27(29)30)28(31)32-25-19-21-26(33)22-20-25/h19-22,24,33H,2-18,23H2,1H3,(H,29,30). The van der Waals surface area contributed by atoms with Crippen LogP contribution in [-0.4, -0.2) is 17.0 Å². The molecule has 1 atom stereocenters. The van der Waals surface area contributed by atoms with Crippen molar-refractivity contribution in [2.45, 2.75) is 127 Å². The summed E-state index contributed by atoms with van der Waals surface area (Å²) in [6, 6.07) is 6.83. The summed E-state index contributed by atoms with van der Waals surface area (Å²) in [5.74, 6) is -1.57. The zero-order valence-corrected chi connectivity index (χ0v) is 21.6. The molecule has 0 spiro atoms. The largest absolute Gasteiger partial charge is 0.481 e. The van der Waals surface area contributed by atoms with Crippen molar-refractivity contribution in [1.29, 1.82) is 0 Å². The Morgan fingerprint density at radius 1 is 0.758 bits per heavy atom. The van der Waals surface area contributed by atoms with Gasteiger partial charge in [0.2, 0.25) is 0 Å². The molecule has 0 aliphatic heterocycles. The average molecular weight is 479 g/mol. The Morgan fingerprint density at radius 3 is 1.61 bits per heavy atom. The summed E-state index contributed by atoms with van der Waals surface area (Å²) in [5.41, 5.74) is 0. The van der Waals surface area contributed by atoms with Gasteiger partial charge >= 0.3 is 11.9 Å². The highest BCUT2D eigenvalue weighted by atomic mass is 32.1. The van der Waals surface area contributed by atoms with Gasteiger partial charge in [0.25, 0.3) is 0 Å². The third-order valence-corrected chi connectivity index (χ3v) is 6.51. The lowest BCUT2D eigenvalue weighted by molar-refractivity contribution is -0.146. The molecule has 1 N–H and O–H groups in total. The fourth-order valence-corrected chi connectivity index (χ4v) is 4.32. The summed E-state index contributed by atoms with van der Waals surface area (Å²) < 4.78 is 5.38. The van der Waals surface area contributed by atoms with Crippen LogP contribution in [0.15, 0.2) is 29.2 Å². The van der Waals surface area contributed by atoms with Crippen LogP contribution in [0.5, 0.6) is 5.75 Å². The van der Waals surface area contributed by atoms with Gasteiger partial charge in [0.05, 0.1) is 12.3 Å². The number of thiol groups is 1. The molecule has 1 unspecified atom stereocenters. The molecule has 0 aromatic heterocycles. The minimum atomic E-state index is -0.959. The van der Waals surface area contributed by atoms with Crippen LogP contribution in [-0.2, 0) is 9.59 Å². The van der Waals surface area contributed by atoms with E-state index in [1.165, 1.54) is 83.5 Å². The van der Waals surface area contributed by atoms with E-state index in [1.807, 2.05) is 0 Å². The molecule has 0 heterocycles. The average Bonchev–Trinajstić information content (AvgIpc) is 2.79. The number of hydrogen-bond donors (Lipinski definition) is 2. The number of carboxylic acids is 1. The van der Waals surface area contributed by atoms with E-state index >= 15 is 0 Å². The van der Waals surface area contributed by atoms with Crippen molar-refractivity contribution in [3.05, 3.63) is 24.3 Å². The molecule has 1 rings (SSSR count). The van der Waals surface area contributed by atoms with Gasteiger partial charge in [-0.25, -0.2) is 0 Å². The highest BCUT2D eigenvalue weighted by molar-refractivity contribution is 7.80. The van der Waals surface area contributed by atoms with Gasteiger partial charge in [-0.3, -0.25) is 9.59 Å². The first kappa shape index (κ1) is 29.5. The van der Waals surface area contributed by atoms with E-state index in [4.69, 9.17) is 9.84 Å². The lowest BCUT2D eigenvalue weighted by Gasteiger charge is -2.14. The smallest absolute Gasteiger partial charge is 0.314 e. The number of carboxylic acid groups (broad SMARTS) is 1. The van der Waals surface area contributed by atoms with Crippen molar-refractivity contribution in [3.63, 3.8) is 0 Å². The van der Waals surface area contributed by atoms with Gasteiger partial charge in [-0.05, 0) is 30.7 Å². The van der Waals surface area contributed by atoms with Gasteiger partial charge in [-0.1, -0.05) is 110 Å². The number of aliphatic carboxylic acids is 1. The van der Waals surface area contributed by atoms with Crippen molar-refractivity contribution in [2.24, 2.45) is 5.92 Å². The predicted octanol–water partition coefficient (Wildman–Crippen LogP) is 8.62. The van der Waals surface area contributed by atoms with Gasteiger partial charge in [-0.15, -0.1) is 12.6 Å². The van der Waals surface area contributed by atoms with Gasteiger partial charge in [0.15, 0.2) is 0 Å². The number of ether oxygens (including phenoxy) is 1. The van der Waals surface area contributed by atoms with E-state index in [9.17, 15) is 9.59 Å². The van der Waals surface area contributed by atoms with Gasteiger partial charge in [0, 0.05) is 4.90 Å². The minimum Gasteiger partial charge on any atom is -0.481 e. The number of benzene rings is 1. The van der Waals surface area contributed by atoms with E-state index < -0.39 is 17.9 Å². The Balaban J connectivity index is 2.04. The van der Waals surface area contributed by atoms with Crippen molar-refractivity contribution in [1.82, 2.24) is 0 Å². The number of rotatable bonds is 21. The van der Waals surface area contributed by atoms with E-state index in [0.717, 1.165) is 24.2 Å². The second-order valence-electron chi connectivity index (χ2n) is 9.30. The molecule has 0 radical (unpaired) electrons. The van der Waals surface area contributed by atoms with E-state index in [2.05, 4.69) is 19.6 Å². The molecule has 0 saturated carbocycles. The predicted molar refractivity (Wildman–Crippen MR) is 139 cm³/mol. The highest BCUT2D eigenvalue weighted by Gasteiger charge is 2.23. The molecule has 0 amide bonds. The fraction of sp³-hybridized carbons (Fsp3) is 0.714. The van der Waals surface area contributed by atoms with Crippen LogP contribution < -0.4 is 4.74 Å². The van der Waals surface area contributed by atoms with Crippen LogP contribution in [0.4, 0.5) is 0 Å². The first-order valence-corrected chi connectivity index (χ1v) is 13.7. The minimum absolute atomic E-state index is 0.178. The Labute approximate surface area is 207 Å². The summed E-state index contributed by atoms with van der Waals surface area (Å²) >= 11 is 4.21. The van der Waals surface area contributed by atoms with Crippen LogP contribution >= 0.6 is 12.6 Å². The Bertz CT molecular complexity index is 629. The van der Waals surface area contributed by atoms with E-state index in [-0.39, 0.29) is 6.42 Å². The molecule has 0 aliphatic rings. The first-order chi connectivity index (χ1) is 16.0. The Hall–Kier alpha value is -1.49. The quantitative estimate of drug-likeness (QED) is 0.0803. The molecule has 0 bridgehead atoms. The third kappa shape index (κ3) is 16.7.